The van der Waals surface area contributed by atoms with E-state index in [2.05, 4.69) is 27.8 Å². The van der Waals surface area contributed by atoms with Gasteiger partial charge in [-0.15, -0.1) is 0 Å². The van der Waals surface area contributed by atoms with E-state index in [1.165, 1.54) is 11.1 Å². The summed E-state index contributed by atoms with van der Waals surface area (Å²) in [6.45, 7) is 1.93. The van der Waals surface area contributed by atoms with Crippen LogP contribution in [0.25, 0.3) is 0 Å². The summed E-state index contributed by atoms with van der Waals surface area (Å²) in [6.07, 6.45) is -1.68. The number of halogens is 3. The highest BCUT2D eigenvalue weighted by molar-refractivity contribution is 5.80. The van der Waals surface area contributed by atoms with E-state index in [9.17, 15) is 18.0 Å². The van der Waals surface area contributed by atoms with E-state index in [0.717, 1.165) is 0 Å². The maximum atomic E-state index is 12.8. The minimum Gasteiger partial charge on any atom is -0.356 e. The molecule has 1 amide bonds. The highest BCUT2D eigenvalue weighted by Gasteiger charge is 2.41. The van der Waals surface area contributed by atoms with Gasteiger partial charge in [0.15, 0.2) is 5.96 Å². The SMILES string of the molecule is CN=C(NCCCC(=O)N1Cc2ccccc2C1)NC1CCC(C(F)(F)F)CC1. The molecule has 0 bridgehead atoms. The van der Waals surface area contributed by atoms with Crippen LogP contribution in [0.5, 0.6) is 0 Å². The number of carbonyl (C=O) groups is 1. The molecule has 29 heavy (non-hydrogen) atoms. The number of carbonyl (C=O) groups excluding carboxylic acids is 1. The number of fused-ring (bicyclic) bond motifs is 1. The molecule has 1 aliphatic heterocycles. The molecule has 0 unspecified atom stereocenters. The molecule has 1 fully saturated rings. The molecule has 0 radical (unpaired) electrons. The third-order valence-corrected chi connectivity index (χ3v) is 5.81. The number of guanidine groups is 1. The van der Waals surface area contributed by atoms with Crippen LogP contribution in [0.2, 0.25) is 0 Å². The smallest absolute Gasteiger partial charge is 0.356 e. The van der Waals surface area contributed by atoms with E-state index in [1.807, 2.05) is 17.0 Å². The molecular formula is C21H29F3N4O. The van der Waals surface area contributed by atoms with Gasteiger partial charge in [-0.25, -0.2) is 0 Å². The van der Waals surface area contributed by atoms with E-state index in [1.54, 1.807) is 7.05 Å². The average molecular weight is 410 g/mol. The van der Waals surface area contributed by atoms with Crippen molar-refractivity contribution in [1.82, 2.24) is 15.5 Å². The van der Waals surface area contributed by atoms with Gasteiger partial charge in [0.1, 0.15) is 0 Å². The second-order valence-corrected chi connectivity index (χ2v) is 7.86. The predicted molar refractivity (Wildman–Crippen MR) is 106 cm³/mol. The molecule has 2 N–H and O–H groups in total. The van der Waals surface area contributed by atoms with Crippen molar-refractivity contribution >= 4 is 11.9 Å². The molecule has 3 rings (SSSR count). The zero-order chi connectivity index (χ0) is 20.9. The van der Waals surface area contributed by atoms with Gasteiger partial charge in [-0.05, 0) is 43.2 Å². The average Bonchev–Trinajstić information content (AvgIpc) is 3.14. The van der Waals surface area contributed by atoms with Crippen LogP contribution in [0.1, 0.15) is 49.7 Å². The molecule has 0 atom stereocenters. The van der Waals surface area contributed by atoms with Gasteiger partial charge in [-0.3, -0.25) is 9.79 Å². The number of hydrogen-bond donors (Lipinski definition) is 2. The van der Waals surface area contributed by atoms with E-state index >= 15 is 0 Å². The first kappa shape index (κ1) is 21.5. The number of hydrogen-bond acceptors (Lipinski definition) is 2. The summed E-state index contributed by atoms with van der Waals surface area (Å²) in [5.41, 5.74) is 2.42. The molecule has 1 aromatic carbocycles. The van der Waals surface area contributed by atoms with Gasteiger partial charge >= 0.3 is 6.18 Å². The van der Waals surface area contributed by atoms with Crippen LogP contribution in [-0.2, 0) is 17.9 Å². The number of nitrogens with one attached hydrogen (secondary N) is 2. The van der Waals surface area contributed by atoms with E-state index in [-0.39, 0.29) is 24.8 Å². The Morgan fingerprint density at radius 3 is 2.31 bits per heavy atom. The molecule has 160 valence electrons. The Bertz CT molecular complexity index is 702. The topological polar surface area (TPSA) is 56.7 Å². The van der Waals surface area contributed by atoms with E-state index in [4.69, 9.17) is 0 Å². The summed E-state index contributed by atoms with van der Waals surface area (Å²) in [5, 5.41) is 6.38. The normalized spacial score (nSPS) is 22.3. The van der Waals surface area contributed by atoms with Crippen molar-refractivity contribution in [3.63, 3.8) is 0 Å². The lowest BCUT2D eigenvalue weighted by Gasteiger charge is -2.31. The highest BCUT2D eigenvalue weighted by atomic mass is 19.4. The number of benzene rings is 1. The largest absolute Gasteiger partial charge is 0.391 e. The van der Waals surface area contributed by atoms with Crippen molar-refractivity contribution in [2.75, 3.05) is 13.6 Å². The summed E-state index contributed by atoms with van der Waals surface area (Å²) >= 11 is 0. The predicted octanol–water partition coefficient (Wildman–Crippen LogP) is 3.60. The Kier molecular flexibility index (Phi) is 7.03. The number of nitrogens with zero attached hydrogens (tertiary/aromatic N) is 2. The van der Waals surface area contributed by atoms with Crippen LogP contribution in [0, 0.1) is 5.92 Å². The summed E-state index contributed by atoms with van der Waals surface area (Å²) in [5.74, 6) is -0.462. The van der Waals surface area contributed by atoms with Gasteiger partial charge in [-0.2, -0.15) is 13.2 Å². The van der Waals surface area contributed by atoms with Crippen molar-refractivity contribution < 1.29 is 18.0 Å². The summed E-state index contributed by atoms with van der Waals surface area (Å²) in [4.78, 5) is 18.4. The quantitative estimate of drug-likeness (QED) is 0.443. The van der Waals surface area contributed by atoms with Gasteiger partial charge in [0.25, 0.3) is 0 Å². The molecule has 1 aromatic rings. The fourth-order valence-corrected chi connectivity index (χ4v) is 4.07. The first-order valence-corrected chi connectivity index (χ1v) is 10.2. The zero-order valence-electron chi connectivity index (χ0n) is 16.8. The lowest BCUT2D eigenvalue weighted by Crippen LogP contribution is -2.46. The Hall–Kier alpha value is -2.25. The van der Waals surface area contributed by atoms with Crippen LogP contribution in [-0.4, -0.2) is 42.6 Å². The van der Waals surface area contributed by atoms with Crippen LogP contribution < -0.4 is 10.6 Å². The maximum Gasteiger partial charge on any atom is 0.391 e. The van der Waals surface area contributed by atoms with Crippen LogP contribution in [0.4, 0.5) is 13.2 Å². The molecule has 1 saturated carbocycles. The third kappa shape index (κ3) is 5.87. The van der Waals surface area contributed by atoms with Crippen molar-refractivity contribution in [3.8, 4) is 0 Å². The molecule has 8 heteroatoms. The van der Waals surface area contributed by atoms with Crippen molar-refractivity contribution in [3.05, 3.63) is 35.4 Å². The van der Waals surface area contributed by atoms with Gasteiger partial charge in [0, 0.05) is 39.1 Å². The first-order valence-electron chi connectivity index (χ1n) is 10.2. The van der Waals surface area contributed by atoms with E-state index in [0.29, 0.717) is 51.3 Å². The molecular weight excluding hydrogens is 381 g/mol. The Morgan fingerprint density at radius 1 is 1.14 bits per heavy atom. The fourth-order valence-electron chi connectivity index (χ4n) is 4.07. The lowest BCUT2D eigenvalue weighted by molar-refractivity contribution is -0.182. The van der Waals surface area contributed by atoms with Gasteiger partial charge in [0.2, 0.25) is 5.91 Å². The van der Waals surface area contributed by atoms with Crippen molar-refractivity contribution in [2.45, 2.75) is 63.8 Å². The molecule has 1 aliphatic carbocycles. The Labute approximate surface area is 169 Å². The van der Waals surface area contributed by atoms with Crippen molar-refractivity contribution in [1.29, 1.82) is 0 Å². The van der Waals surface area contributed by atoms with E-state index < -0.39 is 12.1 Å². The molecule has 0 aromatic heterocycles. The van der Waals surface area contributed by atoms with Crippen molar-refractivity contribution in [2.24, 2.45) is 10.9 Å². The molecule has 1 heterocycles. The van der Waals surface area contributed by atoms with Crippen LogP contribution >= 0.6 is 0 Å². The number of rotatable bonds is 5. The van der Waals surface area contributed by atoms with Gasteiger partial charge < -0.3 is 15.5 Å². The second-order valence-electron chi connectivity index (χ2n) is 7.86. The number of aliphatic imine (C=N–C) groups is 1. The molecule has 0 saturated heterocycles. The van der Waals surface area contributed by atoms with Gasteiger partial charge in [0.05, 0.1) is 5.92 Å². The Balaban J connectivity index is 1.33. The number of alkyl halides is 3. The minimum atomic E-state index is -4.09. The van der Waals surface area contributed by atoms with Gasteiger partial charge in [-0.1, -0.05) is 24.3 Å². The minimum absolute atomic E-state index is 0.00420. The molecule has 0 spiro atoms. The van der Waals surface area contributed by atoms with Crippen LogP contribution in [0.15, 0.2) is 29.3 Å². The lowest BCUT2D eigenvalue weighted by atomic mass is 9.85. The fraction of sp³-hybridized carbons (Fsp3) is 0.619. The third-order valence-electron chi connectivity index (χ3n) is 5.81. The molecule has 5 nitrogen and oxygen atoms in total. The van der Waals surface area contributed by atoms with Crippen LogP contribution in [0.3, 0.4) is 0 Å². The summed E-state index contributed by atoms with van der Waals surface area (Å²) in [7, 11) is 1.64. The first-order chi connectivity index (χ1) is 13.9. The summed E-state index contributed by atoms with van der Waals surface area (Å²) in [6, 6.07) is 8.10. The summed E-state index contributed by atoms with van der Waals surface area (Å²) < 4.78 is 38.3. The zero-order valence-corrected chi connectivity index (χ0v) is 16.8. The monoisotopic (exact) mass is 410 g/mol. The standard InChI is InChI=1S/C21H29F3N4O/c1-25-20(27-18-10-8-17(9-11-18)21(22,23)24)26-12-4-7-19(29)28-13-15-5-2-3-6-16(15)14-28/h2-3,5-6,17-18H,4,7-14H2,1H3,(H2,25,26,27). The maximum absolute atomic E-state index is 12.8. The second kappa shape index (κ2) is 9.50. The highest BCUT2D eigenvalue weighted by Crippen LogP contribution is 2.37. The Morgan fingerprint density at radius 2 is 1.76 bits per heavy atom. The number of amides is 1. The molecule has 2 aliphatic rings.